The molecule has 0 saturated carbocycles. The molecule has 0 aliphatic heterocycles. The molecule has 1 atom stereocenters. The highest BCUT2D eigenvalue weighted by atomic mass is 16.4. The van der Waals surface area contributed by atoms with Gasteiger partial charge < -0.3 is 15.7 Å². The van der Waals surface area contributed by atoms with Crippen molar-refractivity contribution in [1.29, 1.82) is 0 Å². The number of hydrogen-bond donors (Lipinski definition) is 3. The molecule has 0 aliphatic rings. The van der Waals surface area contributed by atoms with E-state index in [1.807, 2.05) is 0 Å². The minimum Gasteiger partial charge on any atom is -0.477 e. The lowest BCUT2D eigenvalue weighted by atomic mass is 10.2. The van der Waals surface area contributed by atoms with E-state index in [0.717, 1.165) is 0 Å². The van der Waals surface area contributed by atoms with Crippen LogP contribution in [0.1, 0.15) is 17.4 Å². The van der Waals surface area contributed by atoms with Crippen molar-refractivity contribution >= 4 is 17.6 Å². The highest BCUT2D eigenvalue weighted by Gasteiger charge is 2.11. The SMILES string of the molecule is CNC(=O)C(C)Nc1ccnc(C(=O)O)c1. The topological polar surface area (TPSA) is 91.3 Å². The number of aromatic nitrogens is 1. The first kappa shape index (κ1) is 12.0. The van der Waals surface area contributed by atoms with Crippen molar-refractivity contribution in [2.75, 3.05) is 12.4 Å². The lowest BCUT2D eigenvalue weighted by Gasteiger charge is -2.13. The molecule has 1 aromatic rings. The van der Waals surface area contributed by atoms with Crippen molar-refractivity contribution < 1.29 is 14.7 Å². The molecule has 1 heterocycles. The van der Waals surface area contributed by atoms with Gasteiger partial charge in [-0.3, -0.25) is 4.79 Å². The number of likely N-dealkylation sites (N-methyl/N-ethyl adjacent to an activating group) is 1. The first-order valence-corrected chi connectivity index (χ1v) is 4.72. The molecule has 3 N–H and O–H groups in total. The smallest absolute Gasteiger partial charge is 0.354 e. The Balaban J connectivity index is 2.78. The summed E-state index contributed by atoms with van der Waals surface area (Å²) in [5.41, 5.74) is 0.484. The Kier molecular flexibility index (Phi) is 3.82. The molecular weight excluding hydrogens is 210 g/mol. The molecule has 1 unspecified atom stereocenters. The molecule has 0 bridgehead atoms. The second kappa shape index (κ2) is 5.11. The van der Waals surface area contributed by atoms with Crippen molar-refractivity contribution in [3.05, 3.63) is 24.0 Å². The zero-order valence-corrected chi connectivity index (χ0v) is 9.02. The Morgan fingerprint density at radius 1 is 1.50 bits per heavy atom. The van der Waals surface area contributed by atoms with Gasteiger partial charge in [-0.15, -0.1) is 0 Å². The van der Waals surface area contributed by atoms with Crippen molar-refractivity contribution in [3.8, 4) is 0 Å². The van der Waals surface area contributed by atoms with Crippen molar-refractivity contribution in [3.63, 3.8) is 0 Å². The minimum atomic E-state index is -1.10. The fraction of sp³-hybridized carbons (Fsp3) is 0.300. The number of hydrogen-bond acceptors (Lipinski definition) is 4. The molecule has 6 nitrogen and oxygen atoms in total. The molecular formula is C10H13N3O3. The Morgan fingerprint density at radius 2 is 2.19 bits per heavy atom. The molecule has 86 valence electrons. The second-order valence-corrected chi connectivity index (χ2v) is 3.22. The van der Waals surface area contributed by atoms with E-state index in [9.17, 15) is 9.59 Å². The van der Waals surface area contributed by atoms with Gasteiger partial charge in [0.25, 0.3) is 0 Å². The zero-order chi connectivity index (χ0) is 12.1. The zero-order valence-electron chi connectivity index (χ0n) is 9.02. The van der Waals surface area contributed by atoms with E-state index in [4.69, 9.17) is 5.11 Å². The molecule has 0 aliphatic carbocycles. The third-order valence-electron chi connectivity index (χ3n) is 2.00. The largest absolute Gasteiger partial charge is 0.477 e. The Morgan fingerprint density at radius 3 is 2.75 bits per heavy atom. The highest BCUT2D eigenvalue weighted by molar-refractivity contribution is 5.87. The number of carboxylic acids is 1. The number of carbonyl (C=O) groups excluding carboxylic acids is 1. The second-order valence-electron chi connectivity index (χ2n) is 3.22. The van der Waals surface area contributed by atoms with Gasteiger partial charge in [0.1, 0.15) is 11.7 Å². The number of carboxylic acid groups (broad SMARTS) is 1. The standard InChI is InChI=1S/C10H13N3O3/c1-6(9(14)11-2)13-7-3-4-12-8(5-7)10(15)16/h3-6H,1-2H3,(H,11,14)(H,12,13)(H,15,16). The average Bonchev–Trinajstić information content (AvgIpc) is 2.28. The van der Waals surface area contributed by atoms with Crippen LogP contribution in [0.25, 0.3) is 0 Å². The molecule has 1 aromatic heterocycles. The van der Waals surface area contributed by atoms with Gasteiger partial charge >= 0.3 is 5.97 Å². The van der Waals surface area contributed by atoms with Gasteiger partial charge in [-0.2, -0.15) is 0 Å². The molecule has 16 heavy (non-hydrogen) atoms. The predicted molar refractivity (Wildman–Crippen MR) is 58.3 cm³/mol. The van der Waals surface area contributed by atoms with Crippen LogP contribution in [0.4, 0.5) is 5.69 Å². The molecule has 0 radical (unpaired) electrons. The van der Waals surface area contributed by atoms with Crippen LogP contribution in [-0.4, -0.2) is 35.1 Å². The van der Waals surface area contributed by atoms with Crippen LogP contribution in [0.5, 0.6) is 0 Å². The first-order valence-electron chi connectivity index (χ1n) is 4.72. The van der Waals surface area contributed by atoms with Crippen LogP contribution < -0.4 is 10.6 Å². The number of aromatic carboxylic acids is 1. The van der Waals surface area contributed by atoms with Crippen LogP contribution in [0, 0.1) is 0 Å². The summed E-state index contributed by atoms with van der Waals surface area (Å²) in [6, 6.07) is 2.54. The summed E-state index contributed by atoms with van der Waals surface area (Å²) in [4.78, 5) is 25.6. The molecule has 0 saturated heterocycles. The number of nitrogens with one attached hydrogen (secondary N) is 2. The summed E-state index contributed by atoms with van der Waals surface area (Å²) < 4.78 is 0. The number of rotatable bonds is 4. The summed E-state index contributed by atoms with van der Waals surface area (Å²) >= 11 is 0. The Bertz CT molecular complexity index is 406. The molecule has 1 rings (SSSR count). The van der Waals surface area contributed by atoms with Gasteiger partial charge in [0.15, 0.2) is 0 Å². The van der Waals surface area contributed by atoms with E-state index in [1.165, 1.54) is 19.3 Å². The van der Waals surface area contributed by atoms with Crippen molar-refractivity contribution in [2.24, 2.45) is 0 Å². The molecule has 1 amide bonds. The number of amides is 1. The number of anilines is 1. The third kappa shape index (κ3) is 2.94. The van der Waals surface area contributed by atoms with Gasteiger partial charge in [-0.1, -0.05) is 0 Å². The van der Waals surface area contributed by atoms with Crippen LogP contribution in [0.3, 0.4) is 0 Å². The summed E-state index contributed by atoms with van der Waals surface area (Å²) in [5, 5.41) is 14.1. The lowest BCUT2D eigenvalue weighted by Crippen LogP contribution is -2.35. The van der Waals surface area contributed by atoms with Crippen LogP contribution in [-0.2, 0) is 4.79 Å². The van der Waals surface area contributed by atoms with Gasteiger partial charge in [0.2, 0.25) is 5.91 Å². The van der Waals surface area contributed by atoms with E-state index >= 15 is 0 Å². The Hall–Kier alpha value is -2.11. The molecule has 0 spiro atoms. The molecule has 6 heteroatoms. The minimum absolute atomic E-state index is 0.0610. The number of pyridine rings is 1. The normalized spacial score (nSPS) is 11.6. The summed E-state index contributed by atoms with van der Waals surface area (Å²) in [6.07, 6.45) is 1.38. The van der Waals surface area contributed by atoms with E-state index in [1.54, 1.807) is 13.0 Å². The molecule has 0 fully saturated rings. The van der Waals surface area contributed by atoms with Crippen LogP contribution >= 0.6 is 0 Å². The maximum Gasteiger partial charge on any atom is 0.354 e. The maximum atomic E-state index is 11.2. The van der Waals surface area contributed by atoms with Gasteiger partial charge in [-0.05, 0) is 19.1 Å². The molecule has 0 aromatic carbocycles. The Labute approximate surface area is 92.7 Å². The van der Waals surface area contributed by atoms with Crippen LogP contribution in [0.15, 0.2) is 18.3 Å². The first-order chi connectivity index (χ1) is 7.54. The summed E-state index contributed by atoms with van der Waals surface area (Å²) in [5.74, 6) is -1.27. The maximum absolute atomic E-state index is 11.2. The number of carbonyl (C=O) groups is 2. The van der Waals surface area contributed by atoms with Gasteiger partial charge in [0, 0.05) is 18.9 Å². The fourth-order valence-electron chi connectivity index (χ4n) is 1.17. The van der Waals surface area contributed by atoms with Gasteiger partial charge in [0.05, 0.1) is 0 Å². The van der Waals surface area contributed by atoms with E-state index in [2.05, 4.69) is 15.6 Å². The van der Waals surface area contributed by atoms with Crippen molar-refractivity contribution in [1.82, 2.24) is 10.3 Å². The highest BCUT2D eigenvalue weighted by Crippen LogP contribution is 2.09. The predicted octanol–water partition coefficient (Wildman–Crippen LogP) is 0.326. The quantitative estimate of drug-likeness (QED) is 0.684. The van der Waals surface area contributed by atoms with Crippen LogP contribution in [0.2, 0.25) is 0 Å². The van der Waals surface area contributed by atoms with Gasteiger partial charge in [-0.25, -0.2) is 9.78 Å². The van der Waals surface area contributed by atoms with E-state index in [0.29, 0.717) is 5.69 Å². The monoisotopic (exact) mass is 223 g/mol. The summed E-state index contributed by atoms with van der Waals surface area (Å²) in [6.45, 7) is 1.68. The van der Waals surface area contributed by atoms with Crippen molar-refractivity contribution in [2.45, 2.75) is 13.0 Å². The fourth-order valence-corrected chi connectivity index (χ4v) is 1.17. The number of nitrogens with zero attached hydrogens (tertiary/aromatic N) is 1. The lowest BCUT2D eigenvalue weighted by molar-refractivity contribution is -0.121. The average molecular weight is 223 g/mol. The third-order valence-corrected chi connectivity index (χ3v) is 2.00. The van der Waals surface area contributed by atoms with E-state index < -0.39 is 12.0 Å². The van der Waals surface area contributed by atoms with E-state index in [-0.39, 0.29) is 11.6 Å². The summed E-state index contributed by atoms with van der Waals surface area (Å²) in [7, 11) is 1.54.